The summed E-state index contributed by atoms with van der Waals surface area (Å²) in [4.78, 5) is 11.9. The minimum atomic E-state index is -0.205. The average Bonchev–Trinajstić information content (AvgIpc) is 2.51. The smallest absolute Gasteiger partial charge is 0.271 e. The van der Waals surface area contributed by atoms with Crippen LogP contribution in [0.3, 0.4) is 0 Å². The van der Waals surface area contributed by atoms with Gasteiger partial charge in [0.1, 0.15) is 0 Å². The van der Waals surface area contributed by atoms with Gasteiger partial charge in [-0.05, 0) is 49.1 Å². The van der Waals surface area contributed by atoms with Crippen molar-refractivity contribution in [3.63, 3.8) is 0 Å². The first kappa shape index (κ1) is 17.2. The van der Waals surface area contributed by atoms with Gasteiger partial charge in [-0.25, -0.2) is 0 Å². The third-order valence-corrected chi connectivity index (χ3v) is 3.60. The molecule has 0 saturated heterocycles. The van der Waals surface area contributed by atoms with Crippen LogP contribution < -0.4 is 10.6 Å². The van der Waals surface area contributed by atoms with E-state index >= 15 is 0 Å². The number of amides is 1. The van der Waals surface area contributed by atoms with Gasteiger partial charge < -0.3 is 10.6 Å². The zero-order valence-corrected chi connectivity index (χ0v) is 14.3. The highest BCUT2D eigenvalue weighted by atomic mass is 35.5. The molecule has 2 rings (SSSR count). The van der Waals surface area contributed by atoms with Gasteiger partial charge in [0.2, 0.25) is 0 Å². The van der Waals surface area contributed by atoms with Crippen LogP contribution >= 0.6 is 11.6 Å². The van der Waals surface area contributed by atoms with E-state index in [1.165, 1.54) is 0 Å². The van der Waals surface area contributed by atoms with E-state index in [0.29, 0.717) is 29.0 Å². The Labute approximate surface area is 141 Å². The molecule has 0 spiro atoms. The van der Waals surface area contributed by atoms with E-state index in [1.807, 2.05) is 25.1 Å². The van der Waals surface area contributed by atoms with Crippen LogP contribution in [-0.2, 0) is 0 Å². The summed E-state index contributed by atoms with van der Waals surface area (Å²) in [5, 5.41) is 14.6. The summed E-state index contributed by atoms with van der Waals surface area (Å²) in [7, 11) is 0. The molecule has 122 valence electrons. The topological polar surface area (TPSA) is 66.9 Å². The number of hydrogen-bond acceptors (Lipinski definition) is 4. The summed E-state index contributed by atoms with van der Waals surface area (Å²) in [6.45, 7) is 6.84. The molecule has 1 aromatic carbocycles. The Morgan fingerprint density at radius 1 is 1.22 bits per heavy atom. The lowest BCUT2D eigenvalue weighted by molar-refractivity contribution is 0.0946. The zero-order chi connectivity index (χ0) is 16.8. The first-order valence-corrected chi connectivity index (χ1v) is 7.98. The fourth-order valence-corrected chi connectivity index (χ4v) is 2.12. The van der Waals surface area contributed by atoms with E-state index in [4.69, 9.17) is 11.6 Å². The number of carbonyl (C=O) groups excluding carboxylic acids is 1. The molecule has 1 aromatic heterocycles. The van der Waals surface area contributed by atoms with Crippen molar-refractivity contribution in [3.05, 3.63) is 46.6 Å². The summed E-state index contributed by atoms with van der Waals surface area (Å²) in [6.07, 6.45) is 0.937. The standard InChI is InChI=1S/C17H21ClN4O/c1-11(2)8-9-19-17(23)14-6-7-16(22-21-14)20-15-10-13(18)5-4-12(15)3/h4-7,10-11H,8-9H2,1-3H3,(H,19,23)(H,20,22). The molecule has 0 bridgehead atoms. The van der Waals surface area contributed by atoms with Crippen LogP contribution in [0.1, 0.15) is 36.3 Å². The fraction of sp³-hybridized carbons (Fsp3) is 0.353. The van der Waals surface area contributed by atoms with Crippen molar-refractivity contribution < 1.29 is 4.79 Å². The molecule has 1 heterocycles. The number of benzene rings is 1. The van der Waals surface area contributed by atoms with Crippen LogP contribution in [0, 0.1) is 12.8 Å². The summed E-state index contributed by atoms with van der Waals surface area (Å²) in [5.41, 5.74) is 2.22. The van der Waals surface area contributed by atoms with Crippen molar-refractivity contribution >= 4 is 29.0 Å². The number of aromatic nitrogens is 2. The molecule has 0 unspecified atom stereocenters. The minimum absolute atomic E-state index is 0.205. The Morgan fingerprint density at radius 3 is 2.65 bits per heavy atom. The number of halogens is 1. The lowest BCUT2D eigenvalue weighted by Gasteiger charge is -2.09. The Morgan fingerprint density at radius 2 is 2.00 bits per heavy atom. The monoisotopic (exact) mass is 332 g/mol. The SMILES string of the molecule is Cc1ccc(Cl)cc1Nc1ccc(C(=O)NCCC(C)C)nn1. The van der Waals surface area contributed by atoms with E-state index in [1.54, 1.807) is 12.1 Å². The second-order valence-corrected chi connectivity index (χ2v) is 6.26. The van der Waals surface area contributed by atoms with Gasteiger partial charge >= 0.3 is 0 Å². The van der Waals surface area contributed by atoms with Crippen LogP contribution in [0.4, 0.5) is 11.5 Å². The Bertz CT molecular complexity index is 671. The van der Waals surface area contributed by atoms with E-state index in [9.17, 15) is 4.79 Å². The lowest BCUT2D eigenvalue weighted by atomic mass is 10.1. The number of nitrogens with zero attached hydrogens (tertiary/aromatic N) is 2. The molecule has 0 aliphatic heterocycles. The maximum atomic E-state index is 11.9. The number of aryl methyl sites for hydroxylation is 1. The third kappa shape index (κ3) is 5.21. The molecular formula is C17H21ClN4O. The number of carbonyl (C=O) groups is 1. The molecule has 0 atom stereocenters. The van der Waals surface area contributed by atoms with Crippen LogP contribution in [0.25, 0.3) is 0 Å². The number of rotatable bonds is 6. The minimum Gasteiger partial charge on any atom is -0.351 e. The quantitative estimate of drug-likeness (QED) is 0.840. The average molecular weight is 333 g/mol. The molecular weight excluding hydrogens is 312 g/mol. The van der Waals surface area contributed by atoms with Gasteiger partial charge in [0.05, 0.1) is 0 Å². The van der Waals surface area contributed by atoms with E-state index < -0.39 is 0 Å². The van der Waals surface area contributed by atoms with Crippen molar-refractivity contribution in [2.45, 2.75) is 27.2 Å². The Kier molecular flexibility index (Phi) is 5.93. The first-order chi connectivity index (χ1) is 11.0. The van der Waals surface area contributed by atoms with E-state index in [0.717, 1.165) is 17.7 Å². The normalized spacial score (nSPS) is 10.7. The van der Waals surface area contributed by atoms with Crippen LogP contribution in [0.2, 0.25) is 5.02 Å². The second kappa shape index (κ2) is 7.92. The third-order valence-electron chi connectivity index (χ3n) is 3.37. The molecule has 2 aromatic rings. The van der Waals surface area contributed by atoms with Gasteiger partial charge in [-0.1, -0.05) is 31.5 Å². The van der Waals surface area contributed by atoms with Crippen molar-refractivity contribution in [2.24, 2.45) is 5.92 Å². The molecule has 6 heteroatoms. The number of hydrogen-bond donors (Lipinski definition) is 2. The van der Waals surface area contributed by atoms with Crippen molar-refractivity contribution in [2.75, 3.05) is 11.9 Å². The highest BCUT2D eigenvalue weighted by molar-refractivity contribution is 6.30. The summed E-state index contributed by atoms with van der Waals surface area (Å²) < 4.78 is 0. The number of nitrogens with one attached hydrogen (secondary N) is 2. The maximum absolute atomic E-state index is 11.9. The van der Waals surface area contributed by atoms with Gasteiger partial charge in [0.25, 0.3) is 5.91 Å². The molecule has 0 aliphatic rings. The highest BCUT2D eigenvalue weighted by Gasteiger charge is 2.08. The van der Waals surface area contributed by atoms with Crippen molar-refractivity contribution in [1.29, 1.82) is 0 Å². The molecule has 0 saturated carbocycles. The predicted octanol–water partition coefficient (Wildman–Crippen LogP) is 3.96. The zero-order valence-electron chi connectivity index (χ0n) is 13.6. The van der Waals surface area contributed by atoms with Gasteiger partial charge in [-0.15, -0.1) is 10.2 Å². The van der Waals surface area contributed by atoms with Crippen molar-refractivity contribution in [3.8, 4) is 0 Å². The van der Waals surface area contributed by atoms with Crippen molar-refractivity contribution in [1.82, 2.24) is 15.5 Å². The predicted molar refractivity (Wildman–Crippen MR) is 93.3 cm³/mol. The number of anilines is 2. The fourth-order valence-electron chi connectivity index (χ4n) is 1.95. The molecule has 0 aliphatic carbocycles. The lowest BCUT2D eigenvalue weighted by Crippen LogP contribution is -2.26. The maximum Gasteiger partial charge on any atom is 0.271 e. The molecule has 1 amide bonds. The highest BCUT2D eigenvalue weighted by Crippen LogP contribution is 2.22. The molecule has 0 radical (unpaired) electrons. The molecule has 2 N–H and O–H groups in total. The van der Waals surface area contributed by atoms with Gasteiger partial charge in [0.15, 0.2) is 11.5 Å². The van der Waals surface area contributed by atoms with Crippen LogP contribution in [-0.4, -0.2) is 22.6 Å². The van der Waals surface area contributed by atoms with Gasteiger partial charge in [-0.3, -0.25) is 4.79 Å². The molecule has 0 fully saturated rings. The Hall–Kier alpha value is -2.14. The first-order valence-electron chi connectivity index (χ1n) is 7.61. The van der Waals surface area contributed by atoms with Crippen LogP contribution in [0.15, 0.2) is 30.3 Å². The summed E-state index contributed by atoms with van der Waals surface area (Å²) in [5.74, 6) is 0.909. The Balaban J connectivity index is 1.99. The van der Waals surface area contributed by atoms with Crippen LogP contribution in [0.5, 0.6) is 0 Å². The van der Waals surface area contributed by atoms with E-state index in [2.05, 4.69) is 34.7 Å². The summed E-state index contributed by atoms with van der Waals surface area (Å²) in [6, 6.07) is 8.96. The largest absolute Gasteiger partial charge is 0.351 e. The second-order valence-electron chi connectivity index (χ2n) is 5.83. The molecule has 23 heavy (non-hydrogen) atoms. The van der Waals surface area contributed by atoms with E-state index in [-0.39, 0.29) is 5.91 Å². The molecule has 5 nitrogen and oxygen atoms in total. The van der Waals surface area contributed by atoms with Gasteiger partial charge in [-0.2, -0.15) is 0 Å². The summed E-state index contributed by atoms with van der Waals surface area (Å²) >= 11 is 5.99. The van der Waals surface area contributed by atoms with Gasteiger partial charge in [0, 0.05) is 17.3 Å².